The Hall–Kier alpha value is -2.04. The Morgan fingerprint density at radius 1 is 1.16 bits per heavy atom. The highest BCUT2D eigenvalue weighted by Crippen LogP contribution is 2.39. The third-order valence-electron chi connectivity index (χ3n) is 3.30. The van der Waals surface area contributed by atoms with E-state index < -0.39 is 20.6 Å². The summed E-state index contributed by atoms with van der Waals surface area (Å²) in [5, 5.41) is 10.8. The van der Waals surface area contributed by atoms with Crippen LogP contribution < -0.4 is 14.2 Å². The van der Waals surface area contributed by atoms with Crippen LogP contribution >= 0.6 is 27.5 Å². The monoisotopic (exact) mass is 448 g/mol. The van der Waals surface area contributed by atoms with Crippen molar-refractivity contribution in [1.82, 2.24) is 0 Å². The van der Waals surface area contributed by atoms with Gasteiger partial charge >= 0.3 is 0 Å². The lowest BCUT2D eigenvalue weighted by molar-refractivity contribution is -0.384. The molecule has 0 aromatic heterocycles. The van der Waals surface area contributed by atoms with Crippen LogP contribution in [0.1, 0.15) is 0 Å². The summed E-state index contributed by atoms with van der Waals surface area (Å²) in [7, 11) is -4.07. The Balaban J connectivity index is 1.97. The van der Waals surface area contributed by atoms with Crippen molar-refractivity contribution in [2.45, 2.75) is 4.90 Å². The summed E-state index contributed by atoms with van der Waals surface area (Å²) >= 11 is 8.97. The number of benzene rings is 2. The van der Waals surface area contributed by atoms with E-state index >= 15 is 0 Å². The maximum Gasteiger partial charge on any atom is 0.289 e. The molecule has 2 aromatic rings. The van der Waals surface area contributed by atoms with Gasteiger partial charge in [-0.15, -0.1) is 0 Å². The molecule has 0 amide bonds. The molecule has 0 saturated heterocycles. The number of nitrogens with zero attached hydrogens (tertiary/aromatic N) is 1. The van der Waals surface area contributed by atoms with Crippen molar-refractivity contribution in [1.29, 1.82) is 0 Å². The summed E-state index contributed by atoms with van der Waals surface area (Å²) in [6.45, 7) is 0.753. The van der Waals surface area contributed by atoms with E-state index in [9.17, 15) is 18.5 Å². The summed E-state index contributed by atoms with van der Waals surface area (Å²) < 4.78 is 38.7. The van der Waals surface area contributed by atoms with E-state index in [-0.39, 0.29) is 15.6 Å². The first-order chi connectivity index (χ1) is 11.8. The van der Waals surface area contributed by atoms with Crippen LogP contribution in [0.2, 0.25) is 5.02 Å². The number of ether oxygens (including phenoxy) is 2. The molecular weight excluding hydrogens is 440 g/mol. The first kappa shape index (κ1) is 17.8. The van der Waals surface area contributed by atoms with Crippen molar-refractivity contribution >= 4 is 48.9 Å². The molecule has 11 heteroatoms. The standard InChI is InChI=1S/C14H10BrClN2O6S/c15-9-6-13-14(24-4-3-23-13)7-11(9)17-25(21,22)8-1-2-10(16)12(5-8)18(19)20/h1-2,5-7,17H,3-4H2. The van der Waals surface area contributed by atoms with Crippen LogP contribution in [0.5, 0.6) is 11.5 Å². The van der Waals surface area contributed by atoms with Crippen molar-refractivity contribution in [2.24, 2.45) is 0 Å². The average Bonchev–Trinajstić information content (AvgIpc) is 2.55. The van der Waals surface area contributed by atoms with Crippen molar-refractivity contribution in [3.8, 4) is 11.5 Å². The van der Waals surface area contributed by atoms with Gasteiger partial charge in [0.25, 0.3) is 15.7 Å². The van der Waals surface area contributed by atoms with Crippen LogP contribution in [-0.2, 0) is 10.0 Å². The Labute approximate surface area is 156 Å². The second-order valence-corrected chi connectivity index (χ2v) is 7.90. The molecule has 25 heavy (non-hydrogen) atoms. The molecule has 0 aliphatic carbocycles. The van der Waals surface area contributed by atoms with Crippen LogP contribution in [0.3, 0.4) is 0 Å². The van der Waals surface area contributed by atoms with E-state index in [4.69, 9.17) is 21.1 Å². The molecule has 3 rings (SSSR count). The normalized spacial score (nSPS) is 13.4. The summed E-state index contributed by atoms with van der Waals surface area (Å²) in [5.41, 5.74) is -0.285. The summed E-state index contributed by atoms with van der Waals surface area (Å²) in [5.74, 6) is 0.887. The molecule has 0 saturated carbocycles. The molecular formula is C14H10BrClN2O6S. The molecule has 0 atom stereocenters. The fraction of sp³-hybridized carbons (Fsp3) is 0.143. The Morgan fingerprint density at radius 3 is 2.44 bits per heavy atom. The van der Waals surface area contributed by atoms with Crippen molar-refractivity contribution in [3.05, 3.63) is 49.9 Å². The van der Waals surface area contributed by atoms with Gasteiger partial charge < -0.3 is 9.47 Å². The van der Waals surface area contributed by atoms with Crippen molar-refractivity contribution in [3.63, 3.8) is 0 Å². The number of nitro benzene ring substituents is 1. The van der Waals surface area contributed by atoms with E-state index in [1.165, 1.54) is 12.1 Å². The summed E-state index contributed by atoms with van der Waals surface area (Å²) in [6.07, 6.45) is 0. The molecule has 1 aliphatic heterocycles. The Bertz CT molecular complexity index is 966. The SMILES string of the molecule is O=[N+]([O-])c1cc(S(=O)(=O)Nc2cc3c(cc2Br)OCCO3)ccc1Cl. The number of sulfonamides is 1. The van der Waals surface area contributed by atoms with Gasteiger partial charge in [0.05, 0.1) is 15.5 Å². The number of nitro groups is 1. The highest BCUT2D eigenvalue weighted by Gasteiger charge is 2.23. The minimum absolute atomic E-state index is 0.149. The highest BCUT2D eigenvalue weighted by molar-refractivity contribution is 9.10. The van der Waals surface area contributed by atoms with Gasteiger partial charge in [-0.25, -0.2) is 8.42 Å². The molecule has 2 aromatic carbocycles. The molecule has 0 unspecified atom stereocenters. The first-order valence-corrected chi connectivity index (χ1v) is 9.49. The molecule has 1 heterocycles. The average molecular weight is 450 g/mol. The number of fused-ring (bicyclic) bond motifs is 1. The fourth-order valence-electron chi connectivity index (χ4n) is 2.15. The first-order valence-electron chi connectivity index (χ1n) is 6.84. The molecule has 1 N–H and O–H groups in total. The zero-order chi connectivity index (χ0) is 18.2. The number of halogens is 2. The number of hydrogen-bond donors (Lipinski definition) is 1. The number of nitrogens with one attached hydrogen (secondary N) is 1. The lowest BCUT2D eigenvalue weighted by Gasteiger charge is -2.20. The van der Waals surface area contributed by atoms with Gasteiger partial charge in [-0.2, -0.15) is 0 Å². The smallest absolute Gasteiger partial charge is 0.289 e. The van der Waals surface area contributed by atoms with Gasteiger partial charge in [0.2, 0.25) is 0 Å². The van der Waals surface area contributed by atoms with Gasteiger partial charge in [-0.05, 0) is 28.1 Å². The molecule has 1 aliphatic rings. The summed E-state index contributed by atoms with van der Waals surface area (Å²) in [6, 6.07) is 6.30. The van der Waals surface area contributed by atoms with Crippen molar-refractivity contribution in [2.75, 3.05) is 17.9 Å². The fourth-order valence-corrected chi connectivity index (χ4v) is 3.97. The highest BCUT2D eigenvalue weighted by atomic mass is 79.9. The zero-order valence-corrected chi connectivity index (χ0v) is 15.5. The van der Waals surface area contributed by atoms with E-state index in [0.29, 0.717) is 29.2 Å². The number of anilines is 1. The number of rotatable bonds is 4. The second kappa shape index (κ2) is 6.70. The largest absolute Gasteiger partial charge is 0.486 e. The van der Waals surface area contributed by atoms with E-state index in [1.54, 1.807) is 6.07 Å². The van der Waals surface area contributed by atoms with Gasteiger partial charge in [-0.1, -0.05) is 11.6 Å². The maximum atomic E-state index is 12.5. The maximum absolute atomic E-state index is 12.5. The van der Waals surface area contributed by atoms with Crippen molar-refractivity contribution < 1.29 is 22.8 Å². The second-order valence-electron chi connectivity index (χ2n) is 4.95. The predicted molar refractivity (Wildman–Crippen MR) is 94.0 cm³/mol. The Morgan fingerprint density at radius 2 is 1.80 bits per heavy atom. The van der Waals surface area contributed by atoms with E-state index in [0.717, 1.165) is 12.1 Å². The lowest BCUT2D eigenvalue weighted by atomic mass is 10.2. The lowest BCUT2D eigenvalue weighted by Crippen LogP contribution is -2.17. The van der Waals surface area contributed by atoms with E-state index in [2.05, 4.69) is 20.7 Å². The van der Waals surface area contributed by atoms with Crippen LogP contribution in [0, 0.1) is 10.1 Å². The van der Waals surface area contributed by atoms with Crippen LogP contribution in [0.15, 0.2) is 39.7 Å². The van der Waals surface area contributed by atoms with Gasteiger partial charge in [0.15, 0.2) is 11.5 Å². The molecule has 0 radical (unpaired) electrons. The van der Waals surface area contributed by atoms with Crippen LogP contribution in [0.4, 0.5) is 11.4 Å². The van der Waals surface area contributed by atoms with Gasteiger partial charge in [0.1, 0.15) is 18.2 Å². The third-order valence-corrected chi connectivity index (χ3v) is 5.64. The van der Waals surface area contributed by atoms with E-state index in [1.807, 2.05) is 0 Å². The van der Waals surface area contributed by atoms with Gasteiger partial charge in [-0.3, -0.25) is 14.8 Å². The third kappa shape index (κ3) is 3.65. The molecule has 0 bridgehead atoms. The summed E-state index contributed by atoms with van der Waals surface area (Å²) in [4.78, 5) is 9.91. The zero-order valence-electron chi connectivity index (χ0n) is 12.4. The topological polar surface area (TPSA) is 108 Å². The quantitative estimate of drug-likeness (QED) is 0.564. The number of hydrogen-bond acceptors (Lipinski definition) is 6. The molecule has 0 fully saturated rings. The molecule has 132 valence electrons. The minimum Gasteiger partial charge on any atom is -0.486 e. The minimum atomic E-state index is -4.07. The van der Waals surface area contributed by atoms with Crippen LogP contribution in [0.25, 0.3) is 0 Å². The molecule has 8 nitrogen and oxygen atoms in total. The molecule has 0 spiro atoms. The predicted octanol–water partition coefficient (Wildman–Crippen LogP) is 3.58. The Kier molecular flexibility index (Phi) is 4.76. The van der Waals surface area contributed by atoms with Gasteiger partial charge in [0, 0.05) is 22.7 Å². The van der Waals surface area contributed by atoms with Crippen LogP contribution in [-0.4, -0.2) is 26.6 Å².